The van der Waals surface area contributed by atoms with Gasteiger partial charge in [0.2, 0.25) is 0 Å². The van der Waals surface area contributed by atoms with E-state index in [4.69, 9.17) is 16.3 Å². The van der Waals surface area contributed by atoms with E-state index in [0.717, 1.165) is 0 Å². The molecule has 0 bridgehead atoms. The summed E-state index contributed by atoms with van der Waals surface area (Å²) < 4.78 is 19.3. The molecule has 1 aliphatic rings. The van der Waals surface area contributed by atoms with E-state index in [9.17, 15) is 4.39 Å². The number of rotatable bonds is 0. The van der Waals surface area contributed by atoms with Gasteiger partial charge in [-0.15, -0.1) is 0 Å². The molecule has 2 nitrogen and oxygen atoms in total. The summed E-state index contributed by atoms with van der Waals surface area (Å²) in [5, 5.41) is 0.100. The van der Waals surface area contributed by atoms with Gasteiger partial charge < -0.3 is 4.74 Å². The van der Waals surface area contributed by atoms with Crippen LogP contribution >= 0.6 is 11.6 Å². The Bertz CT molecular complexity index is 625. The number of fused-ring (bicyclic) bond motifs is 2. The summed E-state index contributed by atoms with van der Waals surface area (Å²) in [6.45, 7) is 0. The maximum atomic E-state index is 13.7. The number of ether oxygens (including phenoxy) is 1. The van der Waals surface area contributed by atoms with Gasteiger partial charge in [-0.05, 0) is 24.3 Å². The van der Waals surface area contributed by atoms with Crippen molar-refractivity contribution in [1.82, 2.24) is 0 Å². The Hall–Kier alpha value is -1.87. The molecule has 4 heteroatoms. The minimum atomic E-state index is -0.441. The maximum absolute atomic E-state index is 13.7. The molecule has 0 fully saturated rings. The molecule has 0 saturated heterocycles. The van der Waals surface area contributed by atoms with Crippen LogP contribution in [0.15, 0.2) is 47.5 Å². The molecule has 84 valence electrons. The molecule has 0 unspecified atom stereocenters. The van der Waals surface area contributed by atoms with Gasteiger partial charge in [0.15, 0.2) is 5.75 Å². The van der Waals surface area contributed by atoms with Crippen molar-refractivity contribution in [2.45, 2.75) is 0 Å². The van der Waals surface area contributed by atoms with Gasteiger partial charge in [-0.1, -0.05) is 29.8 Å². The van der Waals surface area contributed by atoms with Gasteiger partial charge in [0.25, 0.3) is 0 Å². The highest BCUT2D eigenvalue weighted by molar-refractivity contribution is 6.70. The van der Waals surface area contributed by atoms with E-state index in [0.29, 0.717) is 17.2 Å². The summed E-state index contributed by atoms with van der Waals surface area (Å²) in [6.07, 6.45) is 0. The molecule has 0 saturated carbocycles. The van der Waals surface area contributed by atoms with Crippen molar-refractivity contribution in [3.8, 4) is 11.5 Å². The molecule has 1 heterocycles. The molecule has 0 aromatic heterocycles. The second-order valence-corrected chi connectivity index (χ2v) is 3.94. The van der Waals surface area contributed by atoms with Crippen LogP contribution < -0.4 is 4.74 Å². The Balaban J connectivity index is 2.28. The molecule has 0 atom stereocenters. The average molecular weight is 248 g/mol. The van der Waals surface area contributed by atoms with E-state index in [2.05, 4.69) is 4.99 Å². The third-order valence-electron chi connectivity index (χ3n) is 2.49. The van der Waals surface area contributed by atoms with Gasteiger partial charge in [0.05, 0.1) is 5.56 Å². The summed E-state index contributed by atoms with van der Waals surface area (Å²) >= 11 is 6.01. The highest BCUT2D eigenvalue weighted by atomic mass is 35.5. The summed E-state index contributed by atoms with van der Waals surface area (Å²) in [4.78, 5) is 4.16. The first kappa shape index (κ1) is 10.3. The van der Waals surface area contributed by atoms with Crippen molar-refractivity contribution in [3.63, 3.8) is 0 Å². The van der Waals surface area contributed by atoms with E-state index in [1.165, 1.54) is 6.07 Å². The quantitative estimate of drug-likeness (QED) is 0.682. The Morgan fingerprint density at radius 1 is 1.00 bits per heavy atom. The van der Waals surface area contributed by atoms with Gasteiger partial charge in [0.1, 0.15) is 22.4 Å². The lowest BCUT2D eigenvalue weighted by Gasteiger charge is -2.07. The predicted molar refractivity (Wildman–Crippen MR) is 65.0 cm³/mol. The standard InChI is InChI=1S/C13H7ClFNO/c14-13-12-8(15)4-3-7-11(12)17-10-6-2-1-5-9(10)16-13/h1-7H. The zero-order chi connectivity index (χ0) is 11.8. The van der Waals surface area contributed by atoms with Crippen LogP contribution in [0.2, 0.25) is 0 Å². The fourth-order valence-corrected chi connectivity index (χ4v) is 1.98. The molecule has 0 radical (unpaired) electrons. The van der Waals surface area contributed by atoms with Crippen LogP contribution in [0.4, 0.5) is 10.1 Å². The van der Waals surface area contributed by atoms with Crippen LogP contribution in [0.1, 0.15) is 5.56 Å². The van der Waals surface area contributed by atoms with E-state index >= 15 is 0 Å². The number of benzene rings is 2. The zero-order valence-corrected chi connectivity index (χ0v) is 9.41. The van der Waals surface area contributed by atoms with Gasteiger partial charge in [-0.25, -0.2) is 9.38 Å². The SMILES string of the molecule is Fc1cccc2c1C(Cl)=Nc1ccccc1O2. The molecule has 2 aromatic rings. The lowest BCUT2D eigenvalue weighted by molar-refractivity contribution is 0.479. The Kier molecular flexibility index (Phi) is 2.34. The molecule has 1 aliphatic heterocycles. The number of hydrogen-bond donors (Lipinski definition) is 0. The molecule has 0 amide bonds. The van der Waals surface area contributed by atoms with Crippen molar-refractivity contribution in [2.75, 3.05) is 0 Å². The van der Waals surface area contributed by atoms with Gasteiger partial charge >= 0.3 is 0 Å². The number of aliphatic imine (C=N–C) groups is 1. The van der Waals surface area contributed by atoms with Crippen molar-refractivity contribution in [3.05, 3.63) is 53.8 Å². The lowest BCUT2D eigenvalue weighted by atomic mass is 10.2. The molecule has 2 aromatic carbocycles. The average Bonchev–Trinajstić information content (AvgIpc) is 2.45. The van der Waals surface area contributed by atoms with E-state index in [-0.39, 0.29) is 10.7 Å². The first-order chi connectivity index (χ1) is 8.25. The van der Waals surface area contributed by atoms with E-state index in [1.807, 2.05) is 12.1 Å². The van der Waals surface area contributed by atoms with Crippen LogP contribution in [-0.4, -0.2) is 5.17 Å². The van der Waals surface area contributed by atoms with Crippen molar-refractivity contribution < 1.29 is 9.13 Å². The Morgan fingerprint density at radius 3 is 2.65 bits per heavy atom. The van der Waals surface area contributed by atoms with Crippen molar-refractivity contribution in [2.24, 2.45) is 4.99 Å². The number of para-hydroxylation sites is 2. The fraction of sp³-hybridized carbons (Fsp3) is 0. The smallest absolute Gasteiger partial charge is 0.153 e. The van der Waals surface area contributed by atoms with Crippen molar-refractivity contribution in [1.29, 1.82) is 0 Å². The predicted octanol–water partition coefficient (Wildman–Crippen LogP) is 4.25. The molecular formula is C13H7ClFNO. The molecule has 3 rings (SSSR count). The number of nitrogens with zero attached hydrogens (tertiary/aromatic N) is 1. The fourth-order valence-electron chi connectivity index (χ4n) is 1.71. The second-order valence-electron chi connectivity index (χ2n) is 3.59. The Labute approximate surface area is 102 Å². The third kappa shape index (κ3) is 1.68. The van der Waals surface area contributed by atoms with Crippen molar-refractivity contribution >= 4 is 22.5 Å². The number of halogens is 2. The van der Waals surface area contributed by atoms with Crippen LogP contribution in [-0.2, 0) is 0 Å². The summed E-state index contributed by atoms with van der Waals surface area (Å²) in [7, 11) is 0. The van der Waals surface area contributed by atoms with Crippen LogP contribution in [0.5, 0.6) is 11.5 Å². The highest BCUT2D eigenvalue weighted by Crippen LogP contribution is 2.38. The highest BCUT2D eigenvalue weighted by Gasteiger charge is 2.19. The second kappa shape index (κ2) is 3.86. The zero-order valence-electron chi connectivity index (χ0n) is 8.65. The van der Waals surface area contributed by atoms with Gasteiger partial charge in [0, 0.05) is 0 Å². The first-order valence-electron chi connectivity index (χ1n) is 5.05. The minimum absolute atomic E-state index is 0.100. The molecule has 17 heavy (non-hydrogen) atoms. The summed E-state index contributed by atoms with van der Waals surface area (Å²) in [5.74, 6) is 0.503. The van der Waals surface area contributed by atoms with Gasteiger partial charge in [-0.3, -0.25) is 0 Å². The van der Waals surface area contributed by atoms with E-state index < -0.39 is 5.82 Å². The minimum Gasteiger partial charge on any atom is -0.454 e. The van der Waals surface area contributed by atoms with Gasteiger partial charge in [-0.2, -0.15) is 0 Å². The normalized spacial score (nSPS) is 12.9. The Morgan fingerprint density at radius 2 is 1.76 bits per heavy atom. The third-order valence-corrected chi connectivity index (χ3v) is 2.76. The first-order valence-corrected chi connectivity index (χ1v) is 5.43. The number of hydrogen-bond acceptors (Lipinski definition) is 2. The summed E-state index contributed by atoms with van der Waals surface area (Å²) in [6, 6.07) is 11.8. The molecular weight excluding hydrogens is 241 g/mol. The molecule has 0 N–H and O–H groups in total. The largest absolute Gasteiger partial charge is 0.454 e. The lowest BCUT2D eigenvalue weighted by Crippen LogP contribution is -1.97. The molecule has 0 aliphatic carbocycles. The summed E-state index contributed by atoms with van der Waals surface area (Å²) in [5.41, 5.74) is 0.790. The van der Waals surface area contributed by atoms with Crippen LogP contribution in [0.25, 0.3) is 0 Å². The van der Waals surface area contributed by atoms with Crippen LogP contribution in [0.3, 0.4) is 0 Å². The van der Waals surface area contributed by atoms with Crippen LogP contribution in [0, 0.1) is 5.82 Å². The molecule has 0 spiro atoms. The topological polar surface area (TPSA) is 21.6 Å². The van der Waals surface area contributed by atoms with E-state index in [1.54, 1.807) is 24.3 Å². The monoisotopic (exact) mass is 247 g/mol. The maximum Gasteiger partial charge on any atom is 0.153 e.